The molecule has 0 unspecified atom stereocenters. The van der Waals surface area contributed by atoms with Gasteiger partial charge in [-0.3, -0.25) is 0 Å². The first-order valence-corrected chi connectivity index (χ1v) is 4.68. The van der Waals surface area contributed by atoms with Crippen LogP contribution in [0.3, 0.4) is 0 Å². The van der Waals surface area contributed by atoms with E-state index in [1.807, 2.05) is 0 Å². The van der Waals surface area contributed by atoms with Gasteiger partial charge in [0.1, 0.15) is 0 Å². The molecule has 0 aromatic rings. The molecule has 1 saturated carbocycles. The number of nitrogens with one attached hydrogen (secondary N) is 1. The van der Waals surface area contributed by atoms with Crippen molar-refractivity contribution in [3.63, 3.8) is 0 Å². The van der Waals surface area contributed by atoms with Crippen molar-refractivity contribution in [2.24, 2.45) is 5.92 Å². The van der Waals surface area contributed by atoms with Crippen molar-refractivity contribution in [1.29, 1.82) is 0 Å². The average molecular weight is 139 g/mol. The fraction of sp³-hybridized carbons (Fsp3) is 1.00. The van der Waals surface area contributed by atoms with E-state index in [2.05, 4.69) is 5.32 Å². The van der Waals surface area contributed by atoms with E-state index in [9.17, 15) is 0 Å². The molecule has 1 N–H and O–H groups in total. The SMILES string of the molecule is C1CN[C@@H]2CCC[C@H](C1)C2. The summed E-state index contributed by atoms with van der Waals surface area (Å²) < 4.78 is 0. The molecule has 2 bridgehead atoms. The Morgan fingerprint density at radius 2 is 1.90 bits per heavy atom. The van der Waals surface area contributed by atoms with E-state index in [0.29, 0.717) is 0 Å². The molecule has 2 rings (SSSR count). The Morgan fingerprint density at radius 3 is 2.90 bits per heavy atom. The van der Waals surface area contributed by atoms with Crippen LogP contribution in [0.1, 0.15) is 38.5 Å². The predicted molar refractivity (Wildman–Crippen MR) is 43.0 cm³/mol. The van der Waals surface area contributed by atoms with E-state index < -0.39 is 0 Å². The van der Waals surface area contributed by atoms with Gasteiger partial charge in [-0.1, -0.05) is 12.8 Å². The van der Waals surface area contributed by atoms with Crippen LogP contribution in [0.4, 0.5) is 0 Å². The largest absolute Gasteiger partial charge is 0.314 e. The maximum Gasteiger partial charge on any atom is 0.00697 e. The maximum atomic E-state index is 3.61. The molecule has 1 heterocycles. The fourth-order valence-corrected chi connectivity index (χ4v) is 2.44. The van der Waals surface area contributed by atoms with Gasteiger partial charge >= 0.3 is 0 Å². The zero-order valence-corrected chi connectivity index (χ0v) is 6.60. The predicted octanol–water partition coefficient (Wildman–Crippen LogP) is 1.93. The third-order valence-corrected chi connectivity index (χ3v) is 3.00. The van der Waals surface area contributed by atoms with Gasteiger partial charge in [0.15, 0.2) is 0 Å². The van der Waals surface area contributed by atoms with E-state index in [1.165, 1.54) is 45.1 Å². The lowest BCUT2D eigenvalue weighted by Crippen LogP contribution is -2.31. The average Bonchev–Trinajstić information content (AvgIpc) is 2.12. The lowest BCUT2D eigenvalue weighted by Gasteiger charge is -2.25. The van der Waals surface area contributed by atoms with Gasteiger partial charge in [0.2, 0.25) is 0 Å². The highest BCUT2D eigenvalue weighted by molar-refractivity contribution is 4.80. The highest BCUT2D eigenvalue weighted by Gasteiger charge is 2.23. The van der Waals surface area contributed by atoms with Crippen molar-refractivity contribution in [3.05, 3.63) is 0 Å². The van der Waals surface area contributed by atoms with E-state index in [4.69, 9.17) is 0 Å². The summed E-state index contributed by atoms with van der Waals surface area (Å²) in [6, 6.07) is 0.890. The Labute approximate surface area is 63.2 Å². The first-order chi connectivity index (χ1) is 4.95. The van der Waals surface area contributed by atoms with Gasteiger partial charge in [0.25, 0.3) is 0 Å². The second-order valence-electron chi connectivity index (χ2n) is 3.83. The van der Waals surface area contributed by atoms with Crippen LogP contribution in [0.5, 0.6) is 0 Å². The van der Waals surface area contributed by atoms with Crippen molar-refractivity contribution in [1.82, 2.24) is 5.32 Å². The maximum absolute atomic E-state index is 3.61. The molecule has 58 valence electrons. The molecule has 1 heteroatoms. The van der Waals surface area contributed by atoms with Gasteiger partial charge in [-0.05, 0) is 38.1 Å². The van der Waals surface area contributed by atoms with Crippen LogP contribution in [0, 0.1) is 5.92 Å². The molecule has 1 aliphatic carbocycles. The lowest BCUT2D eigenvalue weighted by molar-refractivity contribution is 0.307. The number of hydrogen-bond donors (Lipinski definition) is 1. The van der Waals surface area contributed by atoms with Crippen LogP contribution in [0.15, 0.2) is 0 Å². The molecule has 0 spiro atoms. The molecule has 10 heavy (non-hydrogen) atoms. The van der Waals surface area contributed by atoms with E-state index in [1.54, 1.807) is 0 Å². The van der Waals surface area contributed by atoms with Crippen molar-refractivity contribution in [3.8, 4) is 0 Å². The van der Waals surface area contributed by atoms with E-state index in [0.717, 1.165) is 12.0 Å². The van der Waals surface area contributed by atoms with Gasteiger partial charge in [-0.15, -0.1) is 0 Å². The zero-order valence-electron chi connectivity index (χ0n) is 6.60. The Morgan fingerprint density at radius 1 is 1.00 bits per heavy atom. The second-order valence-corrected chi connectivity index (χ2v) is 3.83. The second kappa shape index (κ2) is 2.91. The quantitative estimate of drug-likeness (QED) is 0.540. The smallest absolute Gasteiger partial charge is 0.00697 e. The molecule has 0 radical (unpaired) electrons. The van der Waals surface area contributed by atoms with Crippen LogP contribution in [0.25, 0.3) is 0 Å². The molecule has 0 aromatic carbocycles. The summed E-state index contributed by atoms with van der Waals surface area (Å²) in [5.41, 5.74) is 0. The minimum Gasteiger partial charge on any atom is -0.314 e. The monoisotopic (exact) mass is 139 g/mol. The van der Waals surface area contributed by atoms with Gasteiger partial charge in [-0.25, -0.2) is 0 Å². The first kappa shape index (κ1) is 6.66. The lowest BCUT2D eigenvalue weighted by atomic mass is 9.85. The van der Waals surface area contributed by atoms with Gasteiger partial charge in [0.05, 0.1) is 0 Å². The molecule has 2 aliphatic rings. The molecule has 2 atom stereocenters. The normalized spacial score (nSPS) is 40.8. The number of hydrogen-bond acceptors (Lipinski definition) is 1. The van der Waals surface area contributed by atoms with E-state index in [-0.39, 0.29) is 0 Å². The summed E-state index contributed by atoms with van der Waals surface area (Å²) in [6.45, 7) is 1.28. The molecular formula is C9H17N. The van der Waals surface area contributed by atoms with E-state index >= 15 is 0 Å². The van der Waals surface area contributed by atoms with Crippen molar-refractivity contribution < 1.29 is 0 Å². The molecular weight excluding hydrogens is 122 g/mol. The summed E-state index contributed by atoms with van der Waals surface area (Å²) in [5, 5.41) is 3.61. The van der Waals surface area contributed by atoms with Crippen LogP contribution < -0.4 is 5.32 Å². The number of rotatable bonds is 0. The Kier molecular flexibility index (Phi) is 1.94. The van der Waals surface area contributed by atoms with Crippen molar-refractivity contribution in [2.75, 3.05) is 6.54 Å². The third kappa shape index (κ3) is 1.34. The fourth-order valence-electron chi connectivity index (χ4n) is 2.44. The summed E-state index contributed by atoms with van der Waals surface area (Å²) >= 11 is 0. The molecule has 0 aromatic heterocycles. The molecule has 1 nitrogen and oxygen atoms in total. The molecule has 1 aliphatic heterocycles. The van der Waals surface area contributed by atoms with Gasteiger partial charge in [0, 0.05) is 6.04 Å². The molecule has 1 saturated heterocycles. The summed E-state index contributed by atoms with van der Waals surface area (Å²) in [6.07, 6.45) is 8.81. The number of fused-ring (bicyclic) bond motifs is 2. The van der Waals surface area contributed by atoms with Gasteiger partial charge < -0.3 is 5.32 Å². The van der Waals surface area contributed by atoms with Crippen molar-refractivity contribution >= 4 is 0 Å². The third-order valence-electron chi connectivity index (χ3n) is 3.00. The Bertz CT molecular complexity index is 99.3. The summed E-state index contributed by atoms with van der Waals surface area (Å²) in [7, 11) is 0. The van der Waals surface area contributed by atoms with Gasteiger partial charge in [-0.2, -0.15) is 0 Å². The Balaban J connectivity index is 1.96. The van der Waals surface area contributed by atoms with Crippen molar-refractivity contribution in [2.45, 2.75) is 44.6 Å². The first-order valence-electron chi connectivity index (χ1n) is 4.68. The van der Waals surface area contributed by atoms with Crippen LogP contribution in [0.2, 0.25) is 0 Å². The summed E-state index contributed by atoms with van der Waals surface area (Å²) in [5.74, 6) is 1.08. The topological polar surface area (TPSA) is 12.0 Å². The highest BCUT2D eigenvalue weighted by Crippen LogP contribution is 2.29. The minimum absolute atomic E-state index is 0.890. The standard InChI is InChI=1S/C9H17N/c1-3-8-4-2-6-10-9(5-1)7-8/h8-10H,1-7H2/t8-,9-/m1/s1. The Hall–Kier alpha value is -0.0400. The van der Waals surface area contributed by atoms with Crippen LogP contribution in [-0.2, 0) is 0 Å². The minimum atomic E-state index is 0.890. The summed E-state index contributed by atoms with van der Waals surface area (Å²) in [4.78, 5) is 0. The zero-order chi connectivity index (χ0) is 6.81. The molecule has 2 fully saturated rings. The molecule has 0 amide bonds. The highest BCUT2D eigenvalue weighted by atomic mass is 14.9. The van der Waals surface area contributed by atoms with Crippen LogP contribution in [-0.4, -0.2) is 12.6 Å². The van der Waals surface area contributed by atoms with Crippen LogP contribution >= 0.6 is 0 Å².